The van der Waals surface area contributed by atoms with E-state index in [-0.39, 0.29) is 5.78 Å². The van der Waals surface area contributed by atoms with Gasteiger partial charge in [-0.3, -0.25) is 14.6 Å². The van der Waals surface area contributed by atoms with Crippen molar-refractivity contribution < 1.29 is 19.0 Å². The minimum absolute atomic E-state index is 0.0959. The van der Waals surface area contributed by atoms with Crippen LogP contribution in [0.15, 0.2) is 24.3 Å². The molecule has 5 rings (SSSR count). The molecular weight excluding hydrogens is 454 g/mol. The number of likely N-dealkylation sites (tertiary alicyclic amines) is 2. The highest BCUT2D eigenvalue weighted by molar-refractivity contribution is 6.26. The first-order chi connectivity index (χ1) is 17.7. The van der Waals surface area contributed by atoms with Gasteiger partial charge in [-0.2, -0.15) is 0 Å². The molecule has 0 amide bonds. The van der Waals surface area contributed by atoms with Crippen molar-refractivity contribution in [1.29, 1.82) is 0 Å². The highest BCUT2D eigenvalue weighted by Crippen LogP contribution is 2.52. The lowest BCUT2D eigenvalue weighted by Crippen LogP contribution is -2.33. The fourth-order valence-corrected chi connectivity index (χ4v) is 5.69. The molecule has 194 valence electrons. The van der Waals surface area contributed by atoms with Crippen LogP contribution in [-0.2, 0) is 0 Å². The maximum absolute atomic E-state index is 13.5. The predicted molar refractivity (Wildman–Crippen MR) is 142 cm³/mol. The zero-order valence-electron chi connectivity index (χ0n) is 21.5. The molecule has 36 heavy (non-hydrogen) atoms. The van der Waals surface area contributed by atoms with Gasteiger partial charge in [-0.25, -0.2) is 0 Å². The van der Waals surface area contributed by atoms with Crippen molar-refractivity contribution in [1.82, 2.24) is 9.80 Å². The summed E-state index contributed by atoms with van der Waals surface area (Å²) < 4.78 is 18.4. The van der Waals surface area contributed by atoms with Crippen LogP contribution in [0.5, 0.6) is 17.2 Å². The van der Waals surface area contributed by atoms with E-state index in [2.05, 4.69) is 9.80 Å². The summed E-state index contributed by atoms with van der Waals surface area (Å²) >= 11 is 0. The van der Waals surface area contributed by atoms with E-state index in [1.807, 2.05) is 31.2 Å². The van der Waals surface area contributed by atoms with Crippen LogP contribution in [0.2, 0.25) is 0 Å². The summed E-state index contributed by atoms with van der Waals surface area (Å²) in [6.45, 7) is 9.74. The van der Waals surface area contributed by atoms with Gasteiger partial charge in [0.05, 0.1) is 17.9 Å². The molecule has 2 aliphatic heterocycles. The molecule has 2 aromatic rings. The smallest absolute Gasteiger partial charge is 0.196 e. The van der Waals surface area contributed by atoms with Crippen molar-refractivity contribution in [2.45, 2.75) is 45.4 Å². The summed E-state index contributed by atoms with van der Waals surface area (Å²) in [4.78, 5) is 18.4. The third-order valence-electron chi connectivity index (χ3n) is 7.57. The first-order valence-corrected chi connectivity index (χ1v) is 13.6. The molecule has 7 nitrogen and oxygen atoms in total. The molecule has 0 atom stereocenters. The highest BCUT2D eigenvalue weighted by Gasteiger charge is 2.36. The van der Waals surface area contributed by atoms with Crippen molar-refractivity contribution >= 4 is 11.5 Å². The van der Waals surface area contributed by atoms with Gasteiger partial charge in [-0.05, 0) is 64.9 Å². The van der Waals surface area contributed by atoms with Crippen molar-refractivity contribution in [2.75, 3.05) is 64.8 Å². The zero-order valence-corrected chi connectivity index (χ0v) is 21.5. The van der Waals surface area contributed by atoms with Crippen molar-refractivity contribution in [3.63, 3.8) is 0 Å². The largest absolute Gasteiger partial charge is 0.493 e. The average molecular weight is 494 g/mol. The van der Waals surface area contributed by atoms with E-state index >= 15 is 0 Å². The summed E-state index contributed by atoms with van der Waals surface area (Å²) in [5, 5.41) is 0. The first-order valence-electron chi connectivity index (χ1n) is 13.6. The maximum Gasteiger partial charge on any atom is 0.196 e. The first kappa shape index (κ1) is 24.9. The fourth-order valence-electron chi connectivity index (χ4n) is 5.69. The lowest BCUT2D eigenvalue weighted by molar-refractivity contribution is 0.104. The molecule has 2 heterocycles. The van der Waals surface area contributed by atoms with Gasteiger partial charge in [0.25, 0.3) is 0 Å². The number of nitrogens with two attached hydrogens (primary N) is 1. The van der Waals surface area contributed by atoms with Crippen LogP contribution in [0, 0.1) is 0 Å². The van der Waals surface area contributed by atoms with Crippen LogP contribution in [0.4, 0.5) is 5.69 Å². The van der Waals surface area contributed by atoms with Gasteiger partial charge in [-0.15, -0.1) is 0 Å². The quantitative estimate of drug-likeness (QED) is 0.413. The van der Waals surface area contributed by atoms with Gasteiger partial charge in [0.2, 0.25) is 0 Å². The molecule has 0 spiro atoms. The lowest BCUT2D eigenvalue weighted by atomic mass is 10.0. The number of piperidine rings is 2. The summed E-state index contributed by atoms with van der Waals surface area (Å²) in [5.74, 6) is 1.74. The second-order valence-electron chi connectivity index (χ2n) is 9.98. The molecule has 3 aliphatic rings. The van der Waals surface area contributed by atoms with Crippen LogP contribution in [-0.4, -0.2) is 74.7 Å². The molecule has 0 unspecified atom stereocenters. The van der Waals surface area contributed by atoms with Gasteiger partial charge in [0, 0.05) is 35.8 Å². The van der Waals surface area contributed by atoms with Crippen molar-refractivity contribution in [2.24, 2.45) is 0 Å². The molecule has 0 saturated carbocycles. The average Bonchev–Trinajstić information content (AvgIpc) is 3.22. The van der Waals surface area contributed by atoms with E-state index in [0.717, 1.165) is 50.4 Å². The van der Waals surface area contributed by atoms with Gasteiger partial charge >= 0.3 is 0 Å². The fraction of sp³-hybridized carbons (Fsp3) is 0.552. The van der Waals surface area contributed by atoms with Gasteiger partial charge < -0.3 is 19.9 Å². The number of fused-ring (bicyclic) bond motifs is 3. The number of hydrogen-bond donors (Lipinski definition) is 1. The molecule has 2 fully saturated rings. The minimum atomic E-state index is -0.0959. The Morgan fingerprint density at radius 1 is 0.750 bits per heavy atom. The molecule has 0 bridgehead atoms. The van der Waals surface area contributed by atoms with Gasteiger partial charge in [0.1, 0.15) is 30.5 Å². The highest BCUT2D eigenvalue weighted by atomic mass is 16.5. The third-order valence-corrected chi connectivity index (χ3v) is 7.57. The van der Waals surface area contributed by atoms with E-state index in [1.54, 1.807) is 0 Å². The molecular formula is C29H39N3O4. The standard InChI is InChI=1S/C29H39N3O4/c1-2-34-23-20-24(36-19-17-32-14-7-4-8-15-32)28(30)27-26(23)25-21(29(27)33)10-9-11-22(25)35-18-16-31-12-5-3-6-13-31/h9-11,20H,2-8,12-19,30H2,1H3. The number of ketones is 1. The van der Waals surface area contributed by atoms with Gasteiger partial charge in [-0.1, -0.05) is 25.0 Å². The Morgan fingerprint density at radius 2 is 1.36 bits per heavy atom. The van der Waals surface area contributed by atoms with Crippen LogP contribution in [0.25, 0.3) is 11.1 Å². The Balaban J connectivity index is 1.38. The number of carbonyl (C=O) groups excluding carboxylic acids is 1. The summed E-state index contributed by atoms with van der Waals surface area (Å²) in [5.41, 5.74) is 9.55. The molecule has 2 saturated heterocycles. The molecule has 7 heteroatoms. The lowest BCUT2D eigenvalue weighted by Gasteiger charge is -2.26. The number of rotatable bonds is 10. The molecule has 0 aromatic heterocycles. The summed E-state index contributed by atoms with van der Waals surface area (Å²) in [6, 6.07) is 7.51. The summed E-state index contributed by atoms with van der Waals surface area (Å²) in [7, 11) is 0. The number of benzene rings is 2. The van der Waals surface area contributed by atoms with Crippen LogP contribution < -0.4 is 19.9 Å². The predicted octanol–water partition coefficient (Wildman–Crippen LogP) is 4.61. The normalized spacial score (nSPS) is 18.1. The van der Waals surface area contributed by atoms with E-state index in [0.29, 0.717) is 53.9 Å². The second-order valence-corrected chi connectivity index (χ2v) is 9.98. The third kappa shape index (κ3) is 5.18. The van der Waals surface area contributed by atoms with Gasteiger partial charge in [0.15, 0.2) is 5.78 Å². The SMILES string of the molecule is CCOc1cc(OCCN2CCCCC2)c(N)c2c1-c1c(OCCN3CCCCC3)cccc1C2=O. The van der Waals surface area contributed by atoms with Crippen LogP contribution >= 0.6 is 0 Å². The maximum atomic E-state index is 13.5. The summed E-state index contributed by atoms with van der Waals surface area (Å²) in [6.07, 6.45) is 7.60. The minimum Gasteiger partial charge on any atom is -0.493 e. The Morgan fingerprint density at radius 3 is 1.97 bits per heavy atom. The van der Waals surface area contributed by atoms with Crippen molar-refractivity contribution in [3.8, 4) is 28.4 Å². The van der Waals surface area contributed by atoms with E-state index in [9.17, 15) is 4.79 Å². The number of anilines is 1. The Bertz CT molecular complexity index is 1070. The van der Waals surface area contributed by atoms with Crippen LogP contribution in [0.3, 0.4) is 0 Å². The van der Waals surface area contributed by atoms with Crippen LogP contribution in [0.1, 0.15) is 61.4 Å². The number of nitrogen functional groups attached to an aromatic ring is 1. The Kier molecular flexibility index (Phi) is 7.97. The number of nitrogens with zero attached hydrogens (tertiary/aromatic N) is 2. The topological polar surface area (TPSA) is 77.3 Å². The van der Waals surface area contributed by atoms with E-state index in [4.69, 9.17) is 19.9 Å². The second kappa shape index (κ2) is 11.5. The number of hydrogen-bond acceptors (Lipinski definition) is 7. The molecule has 2 aromatic carbocycles. The van der Waals surface area contributed by atoms with E-state index in [1.165, 1.54) is 38.5 Å². The number of ether oxygens (including phenoxy) is 3. The van der Waals surface area contributed by atoms with Crippen molar-refractivity contribution in [3.05, 3.63) is 35.4 Å². The Hall–Kier alpha value is -2.77. The Labute approximate surface area is 214 Å². The van der Waals surface area contributed by atoms with E-state index < -0.39 is 0 Å². The zero-order chi connectivity index (χ0) is 24.9. The molecule has 0 radical (unpaired) electrons. The molecule has 1 aliphatic carbocycles. The molecule has 2 N–H and O–H groups in total. The monoisotopic (exact) mass is 493 g/mol. The number of carbonyl (C=O) groups is 1.